The Morgan fingerprint density at radius 2 is 2.05 bits per heavy atom. The van der Waals surface area contributed by atoms with Crippen LogP contribution in [0.5, 0.6) is 11.5 Å². The van der Waals surface area contributed by atoms with E-state index in [0.29, 0.717) is 11.5 Å². The standard InChI is InChI=1S/C12H15NO5S/c1-8(19(2,15)16)12(14)13-6-9-3-4-10-11(5-9)18-7-17-10/h3-5,8H,6-7H2,1-2H3,(H,13,14)/t8-/m1/s1. The lowest BCUT2D eigenvalue weighted by molar-refractivity contribution is -0.120. The summed E-state index contributed by atoms with van der Waals surface area (Å²) in [6.07, 6.45) is 1.04. The minimum Gasteiger partial charge on any atom is -0.454 e. The van der Waals surface area contributed by atoms with Crippen LogP contribution < -0.4 is 14.8 Å². The predicted molar refractivity (Wildman–Crippen MR) is 68.7 cm³/mol. The molecule has 2 rings (SSSR count). The van der Waals surface area contributed by atoms with Gasteiger partial charge in [0, 0.05) is 12.8 Å². The van der Waals surface area contributed by atoms with E-state index in [0.717, 1.165) is 11.8 Å². The monoisotopic (exact) mass is 285 g/mol. The summed E-state index contributed by atoms with van der Waals surface area (Å²) in [5.41, 5.74) is 0.818. The maximum absolute atomic E-state index is 11.7. The Kier molecular flexibility index (Phi) is 3.66. The van der Waals surface area contributed by atoms with Crippen LogP contribution >= 0.6 is 0 Å². The molecule has 6 nitrogen and oxygen atoms in total. The highest BCUT2D eigenvalue weighted by atomic mass is 32.2. The van der Waals surface area contributed by atoms with Gasteiger partial charge in [0.1, 0.15) is 5.25 Å². The minimum absolute atomic E-state index is 0.191. The number of fused-ring (bicyclic) bond motifs is 1. The zero-order valence-electron chi connectivity index (χ0n) is 10.7. The zero-order valence-corrected chi connectivity index (χ0v) is 11.5. The second-order valence-electron chi connectivity index (χ2n) is 4.38. The Balaban J connectivity index is 1.98. The number of carbonyl (C=O) groups is 1. The van der Waals surface area contributed by atoms with Gasteiger partial charge >= 0.3 is 0 Å². The van der Waals surface area contributed by atoms with E-state index in [-0.39, 0.29) is 13.3 Å². The van der Waals surface area contributed by atoms with Crippen molar-refractivity contribution in [2.45, 2.75) is 18.7 Å². The molecular formula is C12H15NO5S. The van der Waals surface area contributed by atoms with Crippen LogP contribution in [0.15, 0.2) is 18.2 Å². The van der Waals surface area contributed by atoms with Gasteiger partial charge in [0.25, 0.3) is 0 Å². The lowest BCUT2D eigenvalue weighted by Crippen LogP contribution is -2.36. The van der Waals surface area contributed by atoms with Crippen molar-refractivity contribution in [3.05, 3.63) is 23.8 Å². The van der Waals surface area contributed by atoms with Crippen LogP contribution in [-0.2, 0) is 21.2 Å². The highest BCUT2D eigenvalue weighted by Crippen LogP contribution is 2.32. The van der Waals surface area contributed by atoms with Gasteiger partial charge in [0.2, 0.25) is 12.7 Å². The summed E-state index contributed by atoms with van der Waals surface area (Å²) in [5, 5.41) is 1.53. The molecule has 104 valence electrons. The molecular weight excluding hydrogens is 270 g/mol. The molecule has 1 aromatic carbocycles. The van der Waals surface area contributed by atoms with Crippen molar-refractivity contribution in [3.63, 3.8) is 0 Å². The van der Waals surface area contributed by atoms with Crippen LogP contribution in [0.2, 0.25) is 0 Å². The van der Waals surface area contributed by atoms with Crippen LogP contribution in [0.4, 0.5) is 0 Å². The Morgan fingerprint density at radius 1 is 1.37 bits per heavy atom. The molecule has 0 saturated carbocycles. The van der Waals surface area contributed by atoms with Crippen molar-refractivity contribution in [1.82, 2.24) is 5.32 Å². The number of rotatable bonds is 4. The highest BCUT2D eigenvalue weighted by Gasteiger charge is 2.23. The predicted octanol–water partition coefficient (Wildman–Crippen LogP) is 0.465. The molecule has 1 aliphatic rings. The van der Waals surface area contributed by atoms with Crippen molar-refractivity contribution in [2.24, 2.45) is 0 Å². The molecule has 1 amide bonds. The molecule has 1 atom stereocenters. The first-order chi connectivity index (χ1) is 8.88. The van der Waals surface area contributed by atoms with Gasteiger partial charge in [0.05, 0.1) is 0 Å². The summed E-state index contributed by atoms with van der Waals surface area (Å²) in [6, 6.07) is 5.30. The molecule has 0 aliphatic carbocycles. The first-order valence-corrected chi connectivity index (χ1v) is 7.68. The van der Waals surface area contributed by atoms with Crippen LogP contribution in [0.3, 0.4) is 0 Å². The molecule has 1 aliphatic heterocycles. The van der Waals surface area contributed by atoms with E-state index in [9.17, 15) is 13.2 Å². The molecule has 0 bridgehead atoms. The van der Waals surface area contributed by atoms with Gasteiger partial charge < -0.3 is 14.8 Å². The fourth-order valence-corrected chi connectivity index (χ4v) is 2.05. The number of nitrogens with one attached hydrogen (secondary N) is 1. The zero-order chi connectivity index (χ0) is 14.0. The summed E-state index contributed by atoms with van der Waals surface area (Å²) in [7, 11) is -3.37. The molecule has 0 fully saturated rings. The second kappa shape index (κ2) is 5.08. The number of carbonyl (C=O) groups excluding carboxylic acids is 1. The molecule has 1 aromatic rings. The molecule has 7 heteroatoms. The van der Waals surface area contributed by atoms with Crippen LogP contribution in [0, 0.1) is 0 Å². The third-order valence-corrected chi connectivity index (χ3v) is 4.41. The maximum Gasteiger partial charge on any atom is 0.238 e. The molecule has 0 spiro atoms. The maximum atomic E-state index is 11.7. The quantitative estimate of drug-likeness (QED) is 0.869. The molecule has 1 heterocycles. The number of benzene rings is 1. The third-order valence-electron chi connectivity index (χ3n) is 2.92. The van der Waals surface area contributed by atoms with Crippen molar-refractivity contribution < 1.29 is 22.7 Å². The van der Waals surface area contributed by atoms with Crippen molar-refractivity contribution >= 4 is 15.7 Å². The number of ether oxygens (including phenoxy) is 2. The fraction of sp³-hybridized carbons (Fsp3) is 0.417. The molecule has 19 heavy (non-hydrogen) atoms. The van der Waals surface area contributed by atoms with Gasteiger partial charge in [-0.2, -0.15) is 0 Å². The Hall–Kier alpha value is -1.76. The third kappa shape index (κ3) is 3.17. The number of hydrogen-bond acceptors (Lipinski definition) is 5. The molecule has 0 unspecified atom stereocenters. The average molecular weight is 285 g/mol. The van der Waals surface area contributed by atoms with E-state index in [1.54, 1.807) is 18.2 Å². The minimum atomic E-state index is -3.37. The Labute approximate surface area is 111 Å². The Bertz CT molecular complexity index is 596. The second-order valence-corrected chi connectivity index (χ2v) is 6.74. The fourth-order valence-electron chi connectivity index (χ4n) is 1.58. The molecule has 1 N–H and O–H groups in total. The van der Waals surface area contributed by atoms with Crippen molar-refractivity contribution in [1.29, 1.82) is 0 Å². The van der Waals surface area contributed by atoms with Crippen LogP contribution in [0.25, 0.3) is 0 Å². The first-order valence-electron chi connectivity index (χ1n) is 5.73. The van der Waals surface area contributed by atoms with E-state index in [1.807, 2.05) is 0 Å². The summed E-state index contributed by atoms with van der Waals surface area (Å²) < 4.78 is 32.9. The van der Waals surface area contributed by atoms with Gasteiger partial charge in [-0.15, -0.1) is 0 Å². The van der Waals surface area contributed by atoms with E-state index < -0.39 is 21.0 Å². The number of hydrogen-bond donors (Lipinski definition) is 1. The summed E-state index contributed by atoms with van der Waals surface area (Å²) in [4.78, 5) is 11.7. The lowest BCUT2D eigenvalue weighted by Gasteiger charge is -2.10. The van der Waals surface area contributed by atoms with Crippen molar-refractivity contribution in [2.75, 3.05) is 13.0 Å². The summed E-state index contributed by atoms with van der Waals surface area (Å²) in [6.45, 7) is 1.80. The SMILES string of the molecule is C[C@H](C(=O)NCc1ccc2c(c1)OCO2)S(C)(=O)=O. The topological polar surface area (TPSA) is 81.7 Å². The normalized spacial score (nSPS) is 15.1. The number of sulfone groups is 1. The molecule has 0 radical (unpaired) electrons. The summed E-state index contributed by atoms with van der Waals surface area (Å²) >= 11 is 0. The van der Waals surface area contributed by atoms with E-state index in [2.05, 4.69) is 5.32 Å². The van der Waals surface area contributed by atoms with Gasteiger partial charge in [0.15, 0.2) is 21.3 Å². The van der Waals surface area contributed by atoms with Gasteiger partial charge in [-0.05, 0) is 24.6 Å². The van der Waals surface area contributed by atoms with Crippen molar-refractivity contribution in [3.8, 4) is 11.5 Å². The summed E-state index contributed by atoms with van der Waals surface area (Å²) in [5.74, 6) is 0.780. The lowest BCUT2D eigenvalue weighted by atomic mass is 10.2. The van der Waals surface area contributed by atoms with Gasteiger partial charge in [-0.3, -0.25) is 4.79 Å². The Morgan fingerprint density at radius 3 is 2.74 bits per heavy atom. The van der Waals surface area contributed by atoms with Gasteiger partial charge in [-0.25, -0.2) is 8.42 Å². The smallest absolute Gasteiger partial charge is 0.238 e. The first kappa shape index (κ1) is 13.7. The van der Waals surface area contributed by atoms with Crippen LogP contribution in [-0.4, -0.2) is 32.6 Å². The largest absolute Gasteiger partial charge is 0.454 e. The van der Waals surface area contributed by atoms with E-state index in [1.165, 1.54) is 6.92 Å². The average Bonchev–Trinajstić information content (AvgIpc) is 2.81. The molecule has 0 aromatic heterocycles. The highest BCUT2D eigenvalue weighted by molar-refractivity contribution is 7.92. The number of amides is 1. The van der Waals surface area contributed by atoms with E-state index in [4.69, 9.17) is 9.47 Å². The van der Waals surface area contributed by atoms with Crippen LogP contribution in [0.1, 0.15) is 12.5 Å². The van der Waals surface area contributed by atoms with Gasteiger partial charge in [-0.1, -0.05) is 6.07 Å². The van der Waals surface area contributed by atoms with E-state index >= 15 is 0 Å². The molecule has 0 saturated heterocycles.